The molecule has 5 heteroatoms. The van der Waals surface area contributed by atoms with Gasteiger partial charge in [-0.05, 0) is 0 Å². The summed E-state index contributed by atoms with van der Waals surface area (Å²) in [4.78, 5) is 0. The number of anilines is 1. The summed E-state index contributed by atoms with van der Waals surface area (Å²) in [6.07, 6.45) is 1.70. The molecule has 0 radical (unpaired) electrons. The molecular formula is C8H9Cl2N3. The summed E-state index contributed by atoms with van der Waals surface area (Å²) in [5.74, 6) is 0.489. The van der Waals surface area contributed by atoms with Gasteiger partial charge in [-0.15, -0.1) is 29.9 Å². The van der Waals surface area contributed by atoms with Crippen molar-refractivity contribution in [1.82, 2.24) is 10.2 Å². The van der Waals surface area contributed by atoms with E-state index < -0.39 is 0 Å². The van der Waals surface area contributed by atoms with E-state index >= 15 is 0 Å². The fourth-order valence-electron chi connectivity index (χ4n) is 1.05. The van der Waals surface area contributed by atoms with Crippen LogP contribution in [0.2, 0.25) is 0 Å². The summed E-state index contributed by atoms with van der Waals surface area (Å²) in [6.45, 7) is 0. The van der Waals surface area contributed by atoms with E-state index in [1.807, 2.05) is 24.3 Å². The van der Waals surface area contributed by atoms with Gasteiger partial charge in [0.1, 0.15) is 0 Å². The third-order valence-electron chi connectivity index (χ3n) is 1.60. The fourth-order valence-corrected chi connectivity index (χ4v) is 1.05. The molecule has 0 saturated heterocycles. The second-order valence-electron chi connectivity index (χ2n) is 2.32. The predicted molar refractivity (Wildman–Crippen MR) is 58.4 cm³/mol. The average Bonchev–Trinajstić information content (AvgIpc) is 2.06. The quantitative estimate of drug-likeness (QED) is 0.736. The average molecular weight is 218 g/mol. The lowest BCUT2D eigenvalue weighted by atomic mass is 10.2. The van der Waals surface area contributed by atoms with Crippen molar-refractivity contribution in [2.75, 3.05) is 5.73 Å². The highest BCUT2D eigenvalue weighted by atomic mass is 35.5. The van der Waals surface area contributed by atoms with Crippen molar-refractivity contribution in [2.24, 2.45) is 0 Å². The number of benzene rings is 1. The molecule has 0 atom stereocenters. The van der Waals surface area contributed by atoms with E-state index in [0.717, 1.165) is 10.8 Å². The molecule has 2 aromatic rings. The van der Waals surface area contributed by atoms with Crippen molar-refractivity contribution < 1.29 is 0 Å². The molecule has 0 saturated carbocycles. The second kappa shape index (κ2) is 4.84. The van der Waals surface area contributed by atoms with Gasteiger partial charge in [0.25, 0.3) is 0 Å². The highest BCUT2D eigenvalue weighted by Crippen LogP contribution is 2.15. The summed E-state index contributed by atoms with van der Waals surface area (Å²) >= 11 is 0. The standard InChI is InChI=1S/C8H7N3.2ClH/c9-8-7-4-2-1-3-6(7)5-10-11-8;;/h1-5H,(H2,9,11);2*1H. The van der Waals surface area contributed by atoms with Gasteiger partial charge >= 0.3 is 0 Å². The Kier molecular flexibility index (Phi) is 4.45. The summed E-state index contributed by atoms with van der Waals surface area (Å²) in [5.41, 5.74) is 5.58. The van der Waals surface area contributed by atoms with E-state index in [-0.39, 0.29) is 24.8 Å². The maximum absolute atomic E-state index is 5.58. The normalized spacial score (nSPS) is 8.62. The molecule has 1 aromatic heterocycles. The number of hydrogen-bond donors (Lipinski definition) is 1. The number of fused-ring (bicyclic) bond motifs is 1. The van der Waals surface area contributed by atoms with Crippen LogP contribution in [-0.4, -0.2) is 10.2 Å². The molecule has 13 heavy (non-hydrogen) atoms. The minimum absolute atomic E-state index is 0. The Morgan fingerprint density at radius 3 is 2.46 bits per heavy atom. The first-order valence-electron chi connectivity index (χ1n) is 3.34. The Morgan fingerprint density at radius 2 is 1.77 bits per heavy atom. The number of nitrogen functional groups attached to an aromatic ring is 1. The van der Waals surface area contributed by atoms with Gasteiger partial charge in [-0.25, -0.2) is 0 Å². The monoisotopic (exact) mass is 217 g/mol. The van der Waals surface area contributed by atoms with E-state index in [9.17, 15) is 0 Å². The van der Waals surface area contributed by atoms with Crippen molar-refractivity contribution >= 4 is 41.4 Å². The van der Waals surface area contributed by atoms with Crippen molar-refractivity contribution in [3.63, 3.8) is 0 Å². The molecule has 0 bridgehead atoms. The Morgan fingerprint density at radius 1 is 1.08 bits per heavy atom. The molecule has 0 aliphatic carbocycles. The molecule has 0 spiro atoms. The van der Waals surface area contributed by atoms with Crippen LogP contribution in [-0.2, 0) is 0 Å². The molecule has 2 N–H and O–H groups in total. The van der Waals surface area contributed by atoms with Crippen LogP contribution in [0, 0.1) is 0 Å². The van der Waals surface area contributed by atoms with Gasteiger partial charge in [0.15, 0.2) is 5.82 Å². The van der Waals surface area contributed by atoms with Gasteiger partial charge in [0.05, 0.1) is 6.20 Å². The maximum atomic E-state index is 5.58. The number of nitrogens with zero attached hydrogens (tertiary/aromatic N) is 2. The molecule has 2 rings (SSSR count). The molecule has 0 aliphatic rings. The Hall–Kier alpha value is -1.06. The van der Waals surface area contributed by atoms with Gasteiger partial charge in [-0.2, -0.15) is 5.10 Å². The molecule has 3 nitrogen and oxygen atoms in total. The topological polar surface area (TPSA) is 51.8 Å². The number of aromatic nitrogens is 2. The molecule has 70 valence electrons. The van der Waals surface area contributed by atoms with Gasteiger partial charge in [-0.3, -0.25) is 0 Å². The summed E-state index contributed by atoms with van der Waals surface area (Å²) < 4.78 is 0. The summed E-state index contributed by atoms with van der Waals surface area (Å²) in [5, 5.41) is 9.46. The zero-order chi connectivity index (χ0) is 7.68. The first-order valence-corrected chi connectivity index (χ1v) is 3.34. The van der Waals surface area contributed by atoms with E-state index in [1.165, 1.54) is 0 Å². The van der Waals surface area contributed by atoms with E-state index in [2.05, 4.69) is 10.2 Å². The van der Waals surface area contributed by atoms with Crippen LogP contribution in [0.3, 0.4) is 0 Å². The molecule has 0 amide bonds. The Labute approximate surface area is 88.2 Å². The van der Waals surface area contributed by atoms with Crippen LogP contribution in [0.25, 0.3) is 10.8 Å². The third kappa shape index (κ3) is 2.20. The van der Waals surface area contributed by atoms with Gasteiger partial charge in [-0.1, -0.05) is 24.3 Å². The van der Waals surface area contributed by atoms with Crippen LogP contribution in [0.4, 0.5) is 5.82 Å². The highest BCUT2D eigenvalue weighted by molar-refractivity contribution is 5.89. The van der Waals surface area contributed by atoms with Crippen molar-refractivity contribution in [3.05, 3.63) is 30.5 Å². The summed E-state index contributed by atoms with van der Waals surface area (Å²) in [6, 6.07) is 7.77. The lowest BCUT2D eigenvalue weighted by Gasteiger charge is -1.96. The van der Waals surface area contributed by atoms with Crippen molar-refractivity contribution in [2.45, 2.75) is 0 Å². The number of hydrogen-bond acceptors (Lipinski definition) is 3. The van der Waals surface area contributed by atoms with Crippen LogP contribution in [0.15, 0.2) is 30.5 Å². The molecular weight excluding hydrogens is 209 g/mol. The highest BCUT2D eigenvalue weighted by Gasteiger charge is 1.95. The Bertz CT molecular complexity index is 387. The minimum Gasteiger partial charge on any atom is -0.382 e. The first kappa shape index (κ1) is 11.9. The zero-order valence-electron chi connectivity index (χ0n) is 6.68. The number of halogens is 2. The largest absolute Gasteiger partial charge is 0.382 e. The number of rotatable bonds is 0. The second-order valence-corrected chi connectivity index (χ2v) is 2.32. The van der Waals surface area contributed by atoms with Crippen LogP contribution < -0.4 is 5.73 Å². The number of nitrogens with two attached hydrogens (primary N) is 1. The van der Waals surface area contributed by atoms with E-state index in [0.29, 0.717) is 5.82 Å². The summed E-state index contributed by atoms with van der Waals surface area (Å²) in [7, 11) is 0. The maximum Gasteiger partial charge on any atom is 0.153 e. The van der Waals surface area contributed by atoms with Crippen LogP contribution in [0.5, 0.6) is 0 Å². The lowest BCUT2D eigenvalue weighted by molar-refractivity contribution is 1.06. The SMILES string of the molecule is Cl.Cl.Nc1nncc2ccccc12. The van der Waals surface area contributed by atoms with E-state index in [4.69, 9.17) is 5.73 Å². The molecule has 1 aromatic carbocycles. The predicted octanol–water partition coefficient (Wildman–Crippen LogP) is 2.06. The minimum atomic E-state index is 0. The first-order chi connectivity index (χ1) is 5.38. The Balaban J connectivity index is 0.000000720. The van der Waals surface area contributed by atoms with Crippen LogP contribution in [0.1, 0.15) is 0 Å². The fraction of sp³-hybridized carbons (Fsp3) is 0. The molecule has 0 unspecified atom stereocenters. The zero-order valence-corrected chi connectivity index (χ0v) is 8.31. The third-order valence-corrected chi connectivity index (χ3v) is 1.60. The van der Waals surface area contributed by atoms with Gasteiger partial charge in [0.2, 0.25) is 0 Å². The smallest absolute Gasteiger partial charge is 0.153 e. The van der Waals surface area contributed by atoms with Crippen LogP contribution >= 0.6 is 24.8 Å². The lowest BCUT2D eigenvalue weighted by Crippen LogP contribution is -1.92. The van der Waals surface area contributed by atoms with Crippen molar-refractivity contribution in [1.29, 1.82) is 0 Å². The van der Waals surface area contributed by atoms with E-state index in [1.54, 1.807) is 6.20 Å². The van der Waals surface area contributed by atoms with Gasteiger partial charge < -0.3 is 5.73 Å². The molecule has 1 heterocycles. The molecule has 0 fully saturated rings. The molecule has 0 aliphatic heterocycles. The van der Waals surface area contributed by atoms with Gasteiger partial charge in [0, 0.05) is 10.8 Å². The van der Waals surface area contributed by atoms with Crippen molar-refractivity contribution in [3.8, 4) is 0 Å².